The van der Waals surface area contributed by atoms with E-state index in [2.05, 4.69) is 15.9 Å². The maximum atomic E-state index is 12.0. The third kappa shape index (κ3) is 3.21. The number of likely N-dealkylation sites (tertiary alicyclic amines) is 1. The second-order valence-corrected chi connectivity index (χ2v) is 5.55. The van der Waals surface area contributed by atoms with Crippen LogP contribution in [0.2, 0.25) is 0 Å². The highest BCUT2D eigenvalue weighted by atomic mass is 79.9. The molecule has 4 nitrogen and oxygen atoms in total. The fourth-order valence-corrected chi connectivity index (χ4v) is 2.79. The summed E-state index contributed by atoms with van der Waals surface area (Å²) in [5.41, 5.74) is -0.185. The quantitative estimate of drug-likeness (QED) is 0.753. The van der Waals surface area contributed by atoms with Crippen molar-refractivity contribution in [1.82, 2.24) is 4.90 Å². The van der Waals surface area contributed by atoms with Crippen LogP contribution in [0.1, 0.15) is 33.6 Å². The van der Waals surface area contributed by atoms with Crippen molar-refractivity contribution < 1.29 is 14.3 Å². The molecule has 0 radical (unpaired) electrons. The van der Waals surface area contributed by atoms with E-state index >= 15 is 0 Å². The molecule has 0 aliphatic carbocycles. The molecule has 1 amide bonds. The van der Waals surface area contributed by atoms with Crippen molar-refractivity contribution >= 4 is 27.8 Å². The van der Waals surface area contributed by atoms with Crippen LogP contribution in [0.5, 0.6) is 0 Å². The van der Waals surface area contributed by atoms with Crippen LogP contribution >= 0.6 is 15.9 Å². The minimum Gasteiger partial charge on any atom is -0.450 e. The Labute approximate surface area is 111 Å². The third-order valence-electron chi connectivity index (χ3n) is 3.21. The molecule has 0 aromatic heterocycles. The molecule has 0 saturated carbocycles. The van der Waals surface area contributed by atoms with Crippen LogP contribution in [0.25, 0.3) is 0 Å². The van der Waals surface area contributed by atoms with Gasteiger partial charge in [0.15, 0.2) is 5.78 Å². The molecule has 1 atom stereocenters. The van der Waals surface area contributed by atoms with Crippen molar-refractivity contribution in [3.63, 3.8) is 0 Å². The Bertz CT molecular complexity index is 304. The van der Waals surface area contributed by atoms with Crippen LogP contribution < -0.4 is 0 Å². The number of piperidine rings is 1. The van der Waals surface area contributed by atoms with Crippen LogP contribution in [0.15, 0.2) is 0 Å². The zero-order chi connectivity index (χ0) is 13.1. The van der Waals surface area contributed by atoms with Crippen molar-refractivity contribution in [3.05, 3.63) is 0 Å². The molecule has 1 saturated heterocycles. The van der Waals surface area contributed by atoms with E-state index in [0.29, 0.717) is 13.2 Å². The van der Waals surface area contributed by atoms with Gasteiger partial charge in [-0.3, -0.25) is 9.69 Å². The van der Waals surface area contributed by atoms with Crippen molar-refractivity contribution in [3.8, 4) is 0 Å². The summed E-state index contributed by atoms with van der Waals surface area (Å²) >= 11 is 3.19. The van der Waals surface area contributed by atoms with Gasteiger partial charge in [0.25, 0.3) is 0 Å². The highest BCUT2D eigenvalue weighted by Gasteiger charge is 2.44. The van der Waals surface area contributed by atoms with E-state index in [1.165, 1.54) is 0 Å². The summed E-state index contributed by atoms with van der Waals surface area (Å²) in [6.07, 6.45) is 1.49. The molecule has 0 bridgehead atoms. The number of carbonyl (C=O) groups is 2. The molecule has 0 aromatic rings. The predicted octanol–water partition coefficient (Wildman–Crippen LogP) is 2.60. The van der Waals surface area contributed by atoms with Gasteiger partial charge in [-0.05, 0) is 25.2 Å². The fourth-order valence-electron chi connectivity index (χ4n) is 2.48. The zero-order valence-corrected chi connectivity index (χ0v) is 12.2. The summed E-state index contributed by atoms with van der Waals surface area (Å²) in [6, 6.07) is -0.380. The number of hydrogen-bond donors (Lipinski definition) is 0. The molecule has 1 unspecified atom stereocenters. The van der Waals surface area contributed by atoms with Gasteiger partial charge in [0.05, 0.1) is 18.0 Å². The van der Waals surface area contributed by atoms with E-state index in [4.69, 9.17) is 4.74 Å². The standard InChI is InChI=1S/C12H20BrNO3/c1-4-17-11(16)14-7-5-6-12(2,3)10(14)9(15)8-13/h10H,4-8H2,1-3H3. The van der Waals surface area contributed by atoms with E-state index in [1.54, 1.807) is 11.8 Å². The molecule has 1 aliphatic rings. The number of alkyl halides is 1. The number of Topliss-reactive ketones (excluding diaryl/α,β-unsaturated/α-hetero) is 1. The Morgan fingerprint density at radius 2 is 2.12 bits per heavy atom. The number of carbonyl (C=O) groups excluding carboxylic acids is 2. The minimum atomic E-state index is -0.380. The van der Waals surface area contributed by atoms with Gasteiger partial charge in [0.2, 0.25) is 0 Å². The summed E-state index contributed by atoms with van der Waals surface area (Å²) < 4.78 is 5.02. The van der Waals surface area contributed by atoms with Crippen molar-refractivity contribution in [2.24, 2.45) is 5.41 Å². The summed E-state index contributed by atoms with van der Waals surface area (Å²) in [7, 11) is 0. The molecule has 1 aliphatic heterocycles. The molecule has 17 heavy (non-hydrogen) atoms. The largest absolute Gasteiger partial charge is 0.450 e. The van der Waals surface area contributed by atoms with E-state index in [0.717, 1.165) is 12.8 Å². The second-order valence-electron chi connectivity index (χ2n) is 4.99. The maximum absolute atomic E-state index is 12.0. The first-order valence-corrected chi connectivity index (χ1v) is 7.08. The molecule has 98 valence electrons. The van der Waals surface area contributed by atoms with E-state index < -0.39 is 0 Å². The van der Waals surface area contributed by atoms with Crippen molar-refractivity contribution in [1.29, 1.82) is 0 Å². The molecule has 1 heterocycles. The van der Waals surface area contributed by atoms with Crippen LogP contribution in [0, 0.1) is 5.41 Å². The van der Waals surface area contributed by atoms with Crippen molar-refractivity contribution in [2.45, 2.75) is 39.7 Å². The van der Waals surface area contributed by atoms with Crippen LogP contribution in [-0.4, -0.2) is 41.3 Å². The Morgan fingerprint density at radius 3 is 2.65 bits per heavy atom. The molecule has 5 heteroatoms. The third-order valence-corrected chi connectivity index (χ3v) is 3.76. The first kappa shape index (κ1) is 14.5. The number of ether oxygens (including phenoxy) is 1. The van der Waals surface area contributed by atoms with Gasteiger partial charge in [-0.25, -0.2) is 4.79 Å². The number of amides is 1. The molecular weight excluding hydrogens is 286 g/mol. The summed E-state index contributed by atoms with van der Waals surface area (Å²) in [5.74, 6) is 0.0442. The van der Waals surface area contributed by atoms with Crippen LogP contribution in [0.4, 0.5) is 4.79 Å². The lowest BCUT2D eigenvalue weighted by atomic mass is 9.75. The molecule has 1 rings (SSSR count). The topological polar surface area (TPSA) is 46.6 Å². The highest BCUT2D eigenvalue weighted by molar-refractivity contribution is 9.09. The van der Waals surface area contributed by atoms with Gasteiger partial charge in [0.1, 0.15) is 0 Å². The lowest BCUT2D eigenvalue weighted by Crippen LogP contribution is -2.56. The van der Waals surface area contributed by atoms with Crippen LogP contribution in [0.3, 0.4) is 0 Å². The van der Waals surface area contributed by atoms with Gasteiger partial charge in [-0.15, -0.1) is 0 Å². The van der Waals surface area contributed by atoms with E-state index in [9.17, 15) is 9.59 Å². The second kappa shape index (κ2) is 5.85. The Hall–Kier alpha value is -0.580. The normalized spacial score (nSPS) is 23.3. The average molecular weight is 306 g/mol. The Balaban J connectivity index is 2.92. The van der Waals surface area contributed by atoms with Gasteiger partial charge in [0, 0.05) is 6.54 Å². The maximum Gasteiger partial charge on any atom is 0.410 e. The van der Waals surface area contributed by atoms with Gasteiger partial charge in [-0.1, -0.05) is 29.8 Å². The summed E-state index contributed by atoms with van der Waals surface area (Å²) in [4.78, 5) is 25.4. The number of nitrogens with zero attached hydrogens (tertiary/aromatic N) is 1. The number of ketones is 1. The Morgan fingerprint density at radius 1 is 1.47 bits per heavy atom. The monoisotopic (exact) mass is 305 g/mol. The summed E-state index contributed by atoms with van der Waals surface area (Å²) in [6.45, 7) is 6.78. The lowest BCUT2D eigenvalue weighted by Gasteiger charge is -2.44. The zero-order valence-electron chi connectivity index (χ0n) is 10.7. The number of rotatable bonds is 3. The van der Waals surface area contributed by atoms with Gasteiger partial charge < -0.3 is 4.74 Å². The smallest absolute Gasteiger partial charge is 0.410 e. The lowest BCUT2D eigenvalue weighted by molar-refractivity contribution is -0.127. The molecule has 1 fully saturated rings. The molecular formula is C12H20BrNO3. The fraction of sp³-hybridized carbons (Fsp3) is 0.833. The Kier molecular flexibility index (Phi) is 4.98. The molecule has 0 aromatic carbocycles. The van der Waals surface area contributed by atoms with Crippen LogP contribution in [-0.2, 0) is 9.53 Å². The van der Waals surface area contributed by atoms with Gasteiger partial charge in [-0.2, -0.15) is 0 Å². The number of hydrogen-bond acceptors (Lipinski definition) is 3. The van der Waals surface area contributed by atoms with Gasteiger partial charge >= 0.3 is 6.09 Å². The molecule has 0 N–H and O–H groups in total. The first-order valence-electron chi connectivity index (χ1n) is 5.96. The number of halogens is 1. The highest BCUT2D eigenvalue weighted by Crippen LogP contribution is 2.36. The minimum absolute atomic E-state index is 0.0442. The molecule has 0 spiro atoms. The first-order chi connectivity index (χ1) is 7.94. The van der Waals surface area contributed by atoms with E-state index in [1.807, 2.05) is 13.8 Å². The van der Waals surface area contributed by atoms with E-state index in [-0.39, 0.29) is 28.7 Å². The predicted molar refractivity (Wildman–Crippen MR) is 69.3 cm³/mol. The average Bonchev–Trinajstić information content (AvgIpc) is 2.27. The SMILES string of the molecule is CCOC(=O)N1CCCC(C)(C)C1C(=O)CBr. The van der Waals surface area contributed by atoms with Crippen molar-refractivity contribution in [2.75, 3.05) is 18.5 Å². The summed E-state index contributed by atoms with van der Waals surface area (Å²) in [5, 5.41) is 0.275.